The van der Waals surface area contributed by atoms with Gasteiger partial charge in [-0.05, 0) is 40.2 Å². The molecule has 0 aliphatic rings. The minimum atomic E-state index is -0.492. The van der Waals surface area contributed by atoms with E-state index in [2.05, 4.69) is 20.9 Å². The molecule has 0 spiro atoms. The number of nitrogens with zero attached hydrogens (tertiary/aromatic N) is 1. The monoisotopic (exact) mass is 372 g/mol. The minimum Gasteiger partial charge on any atom is -0.465 e. The number of benzene rings is 1. The first kappa shape index (κ1) is 15.2. The highest BCUT2D eigenvalue weighted by Gasteiger charge is 2.18. The van der Waals surface area contributed by atoms with Crippen LogP contribution in [0.15, 0.2) is 44.9 Å². The number of ether oxygens (including phenoxy) is 1. The van der Waals surface area contributed by atoms with Crippen molar-refractivity contribution in [2.45, 2.75) is 9.92 Å². The van der Waals surface area contributed by atoms with Crippen molar-refractivity contribution < 1.29 is 9.53 Å². The number of pyridine rings is 1. The zero-order valence-electron chi connectivity index (χ0n) is 10.4. The van der Waals surface area contributed by atoms with E-state index in [0.717, 1.165) is 4.47 Å². The summed E-state index contributed by atoms with van der Waals surface area (Å²) in [5, 5.41) is 1.08. The predicted octanol–water partition coefficient (Wildman–Crippen LogP) is 4.02. The first-order valence-electron chi connectivity index (χ1n) is 5.48. The van der Waals surface area contributed by atoms with Gasteiger partial charge in [0.2, 0.25) is 0 Å². The zero-order chi connectivity index (χ0) is 14.7. The van der Waals surface area contributed by atoms with Crippen LogP contribution >= 0.6 is 39.3 Å². The lowest BCUT2D eigenvalue weighted by Gasteiger charge is -2.11. The summed E-state index contributed by atoms with van der Waals surface area (Å²) < 4.78 is 5.57. The Morgan fingerprint density at radius 3 is 2.90 bits per heavy atom. The fourth-order valence-electron chi connectivity index (χ4n) is 1.52. The molecule has 0 saturated heterocycles. The quantitative estimate of drug-likeness (QED) is 0.650. The van der Waals surface area contributed by atoms with Crippen LogP contribution in [-0.2, 0) is 4.74 Å². The Morgan fingerprint density at radius 1 is 1.50 bits per heavy atom. The van der Waals surface area contributed by atoms with E-state index in [9.17, 15) is 4.79 Å². The van der Waals surface area contributed by atoms with Crippen LogP contribution in [0, 0.1) is 0 Å². The van der Waals surface area contributed by atoms with Gasteiger partial charge in [-0.1, -0.05) is 23.4 Å². The maximum absolute atomic E-state index is 11.8. The van der Waals surface area contributed by atoms with Crippen LogP contribution in [0.4, 0.5) is 5.69 Å². The van der Waals surface area contributed by atoms with E-state index in [1.807, 2.05) is 6.07 Å². The summed E-state index contributed by atoms with van der Waals surface area (Å²) in [6.07, 6.45) is 1.66. The maximum Gasteiger partial charge on any atom is 0.339 e. The van der Waals surface area contributed by atoms with Crippen molar-refractivity contribution in [2.24, 2.45) is 0 Å². The number of aromatic nitrogens is 1. The molecule has 104 valence electrons. The molecule has 2 rings (SSSR count). The summed E-state index contributed by atoms with van der Waals surface area (Å²) >= 11 is 10.9. The van der Waals surface area contributed by atoms with Crippen molar-refractivity contribution in [1.82, 2.24) is 4.98 Å². The molecule has 0 atom stereocenters. The fourth-order valence-corrected chi connectivity index (χ4v) is 3.25. The van der Waals surface area contributed by atoms with Crippen molar-refractivity contribution in [2.75, 3.05) is 12.8 Å². The Hall–Kier alpha value is -1.24. The molecule has 0 aliphatic heterocycles. The number of rotatable bonds is 3. The molecule has 2 N–H and O–H groups in total. The van der Waals surface area contributed by atoms with Crippen molar-refractivity contribution in [3.63, 3.8) is 0 Å². The molecule has 20 heavy (non-hydrogen) atoms. The van der Waals surface area contributed by atoms with Gasteiger partial charge in [-0.3, -0.25) is 0 Å². The van der Waals surface area contributed by atoms with Gasteiger partial charge < -0.3 is 10.5 Å². The van der Waals surface area contributed by atoms with Gasteiger partial charge in [0.25, 0.3) is 0 Å². The average molecular weight is 374 g/mol. The first-order chi connectivity index (χ1) is 9.52. The summed E-state index contributed by atoms with van der Waals surface area (Å²) in [6, 6.07) is 6.79. The third-order valence-corrected chi connectivity index (χ3v) is 4.87. The molecule has 0 radical (unpaired) electrons. The van der Waals surface area contributed by atoms with Gasteiger partial charge in [0, 0.05) is 16.8 Å². The highest BCUT2D eigenvalue weighted by Crippen LogP contribution is 2.39. The molecule has 0 amide bonds. The van der Waals surface area contributed by atoms with Gasteiger partial charge in [-0.25, -0.2) is 9.78 Å². The third kappa shape index (κ3) is 3.26. The molecule has 1 aromatic carbocycles. The lowest BCUT2D eigenvalue weighted by atomic mass is 10.2. The van der Waals surface area contributed by atoms with Gasteiger partial charge in [-0.15, -0.1) is 0 Å². The number of hydrogen-bond donors (Lipinski definition) is 1. The number of methoxy groups -OCH3 is 1. The van der Waals surface area contributed by atoms with Crippen molar-refractivity contribution in [1.29, 1.82) is 0 Å². The van der Waals surface area contributed by atoms with Crippen LogP contribution in [0.1, 0.15) is 10.4 Å². The molecule has 7 heteroatoms. The number of esters is 1. The predicted molar refractivity (Wildman–Crippen MR) is 83.3 cm³/mol. The van der Waals surface area contributed by atoms with Crippen molar-refractivity contribution >= 4 is 50.9 Å². The number of nitrogen functional groups attached to an aromatic ring is 1. The second-order valence-electron chi connectivity index (χ2n) is 3.76. The largest absolute Gasteiger partial charge is 0.465 e. The smallest absolute Gasteiger partial charge is 0.339 e. The van der Waals surface area contributed by atoms with Crippen LogP contribution in [0.3, 0.4) is 0 Å². The normalized spacial score (nSPS) is 10.3. The van der Waals surface area contributed by atoms with Crippen LogP contribution < -0.4 is 5.73 Å². The van der Waals surface area contributed by atoms with Gasteiger partial charge in [-0.2, -0.15) is 0 Å². The number of carbonyl (C=O) groups excluding carboxylic acids is 1. The second kappa shape index (κ2) is 6.47. The SMILES string of the molecule is COC(=O)c1cc(N)cc(Cl)c1Sc1ncccc1Br. The third-order valence-electron chi connectivity index (χ3n) is 2.39. The summed E-state index contributed by atoms with van der Waals surface area (Å²) in [5.41, 5.74) is 6.44. The number of anilines is 1. The van der Waals surface area contributed by atoms with Crippen LogP contribution in [0.25, 0.3) is 0 Å². The Kier molecular flexibility index (Phi) is 4.91. The minimum absolute atomic E-state index is 0.319. The average Bonchev–Trinajstić information content (AvgIpc) is 2.42. The number of carbonyl (C=O) groups is 1. The summed E-state index contributed by atoms with van der Waals surface area (Å²) in [4.78, 5) is 16.6. The Morgan fingerprint density at radius 2 is 2.25 bits per heavy atom. The molecule has 0 bridgehead atoms. The Bertz CT molecular complexity index is 667. The number of nitrogens with two attached hydrogens (primary N) is 1. The highest BCUT2D eigenvalue weighted by molar-refractivity contribution is 9.10. The maximum atomic E-state index is 11.8. The summed E-state index contributed by atoms with van der Waals surface area (Å²) in [7, 11) is 1.31. The van der Waals surface area contributed by atoms with Crippen LogP contribution in [0.2, 0.25) is 5.02 Å². The number of hydrogen-bond acceptors (Lipinski definition) is 5. The van der Waals surface area contributed by atoms with Crippen molar-refractivity contribution in [3.05, 3.63) is 45.5 Å². The standard InChI is InChI=1S/C13H10BrClN2O2S/c1-19-13(18)8-5-7(16)6-10(15)11(8)20-12-9(14)3-2-4-17-12/h2-6H,16H2,1H3. The molecule has 4 nitrogen and oxygen atoms in total. The molecule has 1 aromatic heterocycles. The molecule has 1 heterocycles. The molecule has 0 saturated carbocycles. The zero-order valence-corrected chi connectivity index (χ0v) is 13.6. The summed E-state index contributed by atoms with van der Waals surface area (Å²) in [5.74, 6) is -0.492. The molecular weight excluding hydrogens is 364 g/mol. The molecule has 0 aliphatic carbocycles. The van der Waals surface area contributed by atoms with E-state index in [1.165, 1.54) is 24.9 Å². The fraction of sp³-hybridized carbons (Fsp3) is 0.0769. The topological polar surface area (TPSA) is 65.2 Å². The molecule has 0 unspecified atom stereocenters. The Balaban J connectivity index is 2.50. The van der Waals surface area contributed by atoms with E-state index in [4.69, 9.17) is 22.1 Å². The lowest BCUT2D eigenvalue weighted by Crippen LogP contribution is -2.05. The summed E-state index contributed by atoms with van der Waals surface area (Å²) in [6.45, 7) is 0. The molecule has 0 fully saturated rings. The van der Waals surface area contributed by atoms with E-state index in [0.29, 0.717) is 26.2 Å². The van der Waals surface area contributed by atoms with Gasteiger partial charge >= 0.3 is 5.97 Å². The number of halogens is 2. The van der Waals surface area contributed by atoms with Gasteiger partial charge in [0.15, 0.2) is 0 Å². The highest BCUT2D eigenvalue weighted by atomic mass is 79.9. The van der Waals surface area contributed by atoms with E-state index in [-0.39, 0.29) is 0 Å². The van der Waals surface area contributed by atoms with E-state index >= 15 is 0 Å². The van der Waals surface area contributed by atoms with Crippen LogP contribution in [0.5, 0.6) is 0 Å². The van der Waals surface area contributed by atoms with Gasteiger partial charge in [0.05, 0.1) is 22.2 Å². The first-order valence-corrected chi connectivity index (χ1v) is 7.47. The second-order valence-corrected chi connectivity index (χ2v) is 6.02. The van der Waals surface area contributed by atoms with E-state index in [1.54, 1.807) is 18.3 Å². The Labute approximate surface area is 133 Å². The molecule has 2 aromatic rings. The van der Waals surface area contributed by atoms with Crippen LogP contribution in [-0.4, -0.2) is 18.1 Å². The van der Waals surface area contributed by atoms with Gasteiger partial charge in [0.1, 0.15) is 5.03 Å². The lowest BCUT2D eigenvalue weighted by molar-refractivity contribution is 0.0597. The van der Waals surface area contributed by atoms with E-state index < -0.39 is 5.97 Å². The molecular formula is C13H10BrClN2O2S. The van der Waals surface area contributed by atoms with Crippen molar-refractivity contribution in [3.8, 4) is 0 Å².